The van der Waals surface area contributed by atoms with E-state index in [2.05, 4.69) is 10.3 Å². The van der Waals surface area contributed by atoms with Crippen LogP contribution in [0.15, 0.2) is 29.8 Å². The second-order valence-electron chi connectivity index (χ2n) is 3.80. The molecular formula is C13H15N3O2S. The molecule has 0 atom stereocenters. The second kappa shape index (κ2) is 6.31. The first-order valence-electron chi connectivity index (χ1n) is 5.82. The molecule has 0 radical (unpaired) electrons. The van der Waals surface area contributed by atoms with E-state index in [0.717, 1.165) is 16.2 Å². The van der Waals surface area contributed by atoms with Crippen molar-refractivity contribution in [3.63, 3.8) is 0 Å². The molecule has 2 rings (SSSR count). The number of benzene rings is 1. The van der Waals surface area contributed by atoms with Gasteiger partial charge in [-0.15, -0.1) is 11.3 Å². The average molecular weight is 277 g/mol. The third-order valence-electron chi connectivity index (χ3n) is 2.56. The molecule has 0 bridgehead atoms. The number of carbonyl (C=O) groups is 1. The minimum atomic E-state index is -0.197. The summed E-state index contributed by atoms with van der Waals surface area (Å²) in [5.74, 6) is 0.583. The molecule has 6 heteroatoms. The second-order valence-corrected chi connectivity index (χ2v) is 4.66. The number of methoxy groups -OCH3 is 1. The van der Waals surface area contributed by atoms with Gasteiger partial charge in [-0.1, -0.05) is 0 Å². The van der Waals surface area contributed by atoms with Crippen LogP contribution in [0.25, 0.3) is 10.4 Å². The highest BCUT2D eigenvalue weighted by atomic mass is 32.1. The highest BCUT2D eigenvalue weighted by molar-refractivity contribution is 7.13. The number of rotatable bonds is 5. The highest BCUT2D eigenvalue weighted by Gasteiger charge is 2.15. The number of amides is 1. The van der Waals surface area contributed by atoms with Crippen LogP contribution in [0.5, 0.6) is 5.75 Å². The van der Waals surface area contributed by atoms with Gasteiger partial charge in [-0.2, -0.15) is 0 Å². The van der Waals surface area contributed by atoms with Gasteiger partial charge >= 0.3 is 0 Å². The lowest BCUT2D eigenvalue weighted by Gasteiger charge is -2.05. The molecular weight excluding hydrogens is 262 g/mol. The first kappa shape index (κ1) is 13.5. The first-order valence-corrected chi connectivity index (χ1v) is 6.70. The SMILES string of the molecule is COc1ccc(-c2scnc2C(=O)NCCN)cc1. The van der Waals surface area contributed by atoms with Gasteiger partial charge < -0.3 is 15.8 Å². The van der Waals surface area contributed by atoms with Gasteiger partial charge in [0, 0.05) is 13.1 Å². The predicted molar refractivity (Wildman–Crippen MR) is 75.5 cm³/mol. The van der Waals surface area contributed by atoms with Gasteiger partial charge in [0.25, 0.3) is 5.91 Å². The first-order chi connectivity index (χ1) is 9.26. The predicted octanol–water partition coefficient (Wildman–Crippen LogP) is 1.51. The summed E-state index contributed by atoms with van der Waals surface area (Å²) in [5.41, 5.74) is 8.41. The summed E-state index contributed by atoms with van der Waals surface area (Å²) in [6.45, 7) is 0.853. The third-order valence-corrected chi connectivity index (χ3v) is 3.44. The van der Waals surface area contributed by atoms with Crippen molar-refractivity contribution in [1.29, 1.82) is 0 Å². The summed E-state index contributed by atoms with van der Waals surface area (Å²) >= 11 is 1.43. The van der Waals surface area contributed by atoms with Gasteiger partial charge in [0.05, 0.1) is 17.5 Å². The van der Waals surface area contributed by atoms with E-state index in [1.807, 2.05) is 24.3 Å². The van der Waals surface area contributed by atoms with Gasteiger partial charge in [-0.25, -0.2) is 4.98 Å². The molecule has 1 aromatic carbocycles. The summed E-state index contributed by atoms with van der Waals surface area (Å²) in [6.07, 6.45) is 0. The van der Waals surface area contributed by atoms with Crippen LogP contribution in [0.1, 0.15) is 10.5 Å². The summed E-state index contributed by atoms with van der Waals surface area (Å²) < 4.78 is 5.11. The van der Waals surface area contributed by atoms with E-state index in [4.69, 9.17) is 10.5 Å². The van der Waals surface area contributed by atoms with Gasteiger partial charge in [0.15, 0.2) is 0 Å². The van der Waals surface area contributed by atoms with E-state index < -0.39 is 0 Å². The van der Waals surface area contributed by atoms with Gasteiger partial charge in [-0.05, 0) is 29.8 Å². The molecule has 0 saturated carbocycles. The van der Waals surface area contributed by atoms with E-state index in [9.17, 15) is 4.79 Å². The summed E-state index contributed by atoms with van der Waals surface area (Å²) in [7, 11) is 1.62. The fraction of sp³-hybridized carbons (Fsp3) is 0.231. The smallest absolute Gasteiger partial charge is 0.271 e. The Balaban J connectivity index is 2.25. The highest BCUT2D eigenvalue weighted by Crippen LogP contribution is 2.29. The van der Waals surface area contributed by atoms with Gasteiger partial charge in [0.1, 0.15) is 11.4 Å². The third kappa shape index (κ3) is 3.10. The topological polar surface area (TPSA) is 77.2 Å². The number of thiazole rings is 1. The van der Waals surface area contributed by atoms with Crippen LogP contribution in [0.4, 0.5) is 0 Å². The van der Waals surface area contributed by atoms with Crippen LogP contribution in [0.2, 0.25) is 0 Å². The molecule has 0 fully saturated rings. The normalized spacial score (nSPS) is 10.2. The van der Waals surface area contributed by atoms with E-state index in [1.165, 1.54) is 11.3 Å². The Bertz CT molecular complexity index is 551. The minimum Gasteiger partial charge on any atom is -0.497 e. The molecule has 3 N–H and O–H groups in total. The monoisotopic (exact) mass is 277 g/mol. The average Bonchev–Trinajstić information content (AvgIpc) is 2.94. The Morgan fingerprint density at radius 2 is 2.16 bits per heavy atom. The molecule has 1 amide bonds. The fourth-order valence-electron chi connectivity index (χ4n) is 1.62. The molecule has 0 aliphatic carbocycles. The Morgan fingerprint density at radius 1 is 1.42 bits per heavy atom. The van der Waals surface area contributed by atoms with Crippen molar-refractivity contribution in [3.8, 4) is 16.2 Å². The maximum atomic E-state index is 11.9. The van der Waals surface area contributed by atoms with Crippen LogP contribution in [0, 0.1) is 0 Å². The van der Waals surface area contributed by atoms with Crippen LogP contribution in [-0.2, 0) is 0 Å². The molecule has 1 heterocycles. The summed E-state index contributed by atoms with van der Waals surface area (Å²) in [6, 6.07) is 7.53. The van der Waals surface area contributed by atoms with Crippen molar-refractivity contribution in [1.82, 2.24) is 10.3 Å². The Kier molecular flexibility index (Phi) is 4.48. The quantitative estimate of drug-likeness (QED) is 0.868. The maximum Gasteiger partial charge on any atom is 0.271 e. The van der Waals surface area contributed by atoms with Crippen molar-refractivity contribution < 1.29 is 9.53 Å². The Morgan fingerprint density at radius 3 is 2.79 bits per heavy atom. The van der Waals surface area contributed by atoms with E-state index in [1.54, 1.807) is 12.6 Å². The molecule has 1 aromatic heterocycles. The lowest BCUT2D eigenvalue weighted by atomic mass is 10.1. The fourth-order valence-corrected chi connectivity index (χ4v) is 2.42. The van der Waals surface area contributed by atoms with Crippen LogP contribution in [0.3, 0.4) is 0 Å². The van der Waals surface area contributed by atoms with Crippen molar-refractivity contribution in [2.75, 3.05) is 20.2 Å². The van der Waals surface area contributed by atoms with Crippen LogP contribution < -0.4 is 15.8 Å². The van der Waals surface area contributed by atoms with Crippen molar-refractivity contribution in [2.45, 2.75) is 0 Å². The number of nitrogens with one attached hydrogen (secondary N) is 1. The van der Waals surface area contributed by atoms with Crippen molar-refractivity contribution in [2.24, 2.45) is 5.73 Å². The number of hydrogen-bond donors (Lipinski definition) is 2. The molecule has 0 unspecified atom stereocenters. The molecule has 19 heavy (non-hydrogen) atoms. The Hall–Kier alpha value is -1.92. The molecule has 0 spiro atoms. The molecule has 0 aliphatic rings. The van der Waals surface area contributed by atoms with Crippen LogP contribution in [-0.4, -0.2) is 31.1 Å². The number of nitrogens with two attached hydrogens (primary N) is 1. The summed E-state index contributed by atoms with van der Waals surface area (Å²) in [5, 5.41) is 2.72. The number of aromatic nitrogens is 1. The van der Waals surface area contributed by atoms with E-state index in [0.29, 0.717) is 18.8 Å². The minimum absolute atomic E-state index is 0.197. The maximum absolute atomic E-state index is 11.9. The largest absolute Gasteiger partial charge is 0.497 e. The molecule has 0 aliphatic heterocycles. The zero-order valence-corrected chi connectivity index (χ0v) is 11.4. The standard InChI is InChI=1S/C13H15N3O2S/c1-18-10-4-2-9(3-5-10)12-11(16-8-19-12)13(17)15-7-6-14/h2-5,8H,6-7,14H2,1H3,(H,15,17). The lowest BCUT2D eigenvalue weighted by molar-refractivity contribution is 0.0951. The number of hydrogen-bond acceptors (Lipinski definition) is 5. The summed E-state index contributed by atoms with van der Waals surface area (Å²) in [4.78, 5) is 16.9. The molecule has 2 aromatic rings. The zero-order chi connectivity index (χ0) is 13.7. The van der Waals surface area contributed by atoms with E-state index in [-0.39, 0.29) is 5.91 Å². The van der Waals surface area contributed by atoms with Crippen molar-refractivity contribution >= 4 is 17.2 Å². The molecule has 5 nitrogen and oxygen atoms in total. The molecule has 0 saturated heterocycles. The number of carbonyl (C=O) groups excluding carboxylic acids is 1. The van der Waals surface area contributed by atoms with Crippen LogP contribution >= 0.6 is 11.3 Å². The van der Waals surface area contributed by atoms with Crippen molar-refractivity contribution in [3.05, 3.63) is 35.5 Å². The lowest BCUT2D eigenvalue weighted by Crippen LogP contribution is -2.29. The zero-order valence-electron chi connectivity index (χ0n) is 10.6. The van der Waals surface area contributed by atoms with E-state index >= 15 is 0 Å². The molecule has 100 valence electrons. The Labute approximate surface area is 115 Å². The number of ether oxygens (including phenoxy) is 1. The number of nitrogens with zero attached hydrogens (tertiary/aromatic N) is 1. The van der Waals surface area contributed by atoms with Gasteiger partial charge in [-0.3, -0.25) is 4.79 Å². The van der Waals surface area contributed by atoms with Gasteiger partial charge in [0.2, 0.25) is 0 Å².